The highest BCUT2D eigenvalue weighted by Gasteiger charge is 2.50. The smallest absolute Gasteiger partial charge is 0.0323 e. The van der Waals surface area contributed by atoms with Crippen molar-refractivity contribution in [1.29, 1.82) is 0 Å². The van der Waals surface area contributed by atoms with E-state index in [9.17, 15) is 0 Å². The van der Waals surface area contributed by atoms with Gasteiger partial charge in [0.05, 0.1) is 0 Å². The van der Waals surface area contributed by atoms with Gasteiger partial charge in [-0.1, -0.05) is 12.2 Å². The summed E-state index contributed by atoms with van der Waals surface area (Å²) in [6.45, 7) is 5.11. The standard InChI is InChI=1S/C20H30N2/c1-2-4-19(5-3-1)21-6-8-22(9-7-21)20-17-11-15-10-16(13-17)14-18(20)12-15/h2,4-5,15-18,20H,1,3,6-14H2. The number of piperazine rings is 1. The molecule has 0 radical (unpaired) electrons. The van der Waals surface area contributed by atoms with E-state index in [0.29, 0.717) is 0 Å². The third kappa shape index (κ3) is 2.26. The summed E-state index contributed by atoms with van der Waals surface area (Å²) in [5, 5.41) is 0. The molecule has 2 nitrogen and oxygen atoms in total. The van der Waals surface area contributed by atoms with Crippen LogP contribution in [0.2, 0.25) is 0 Å². The molecule has 1 saturated heterocycles. The van der Waals surface area contributed by atoms with Gasteiger partial charge in [-0.2, -0.15) is 0 Å². The van der Waals surface area contributed by atoms with Crippen LogP contribution in [0.15, 0.2) is 23.9 Å². The lowest BCUT2D eigenvalue weighted by Crippen LogP contribution is -2.60. The predicted molar refractivity (Wildman–Crippen MR) is 90.4 cm³/mol. The van der Waals surface area contributed by atoms with Gasteiger partial charge in [0.25, 0.3) is 0 Å². The molecule has 22 heavy (non-hydrogen) atoms. The van der Waals surface area contributed by atoms with E-state index in [0.717, 1.165) is 29.7 Å². The highest BCUT2D eigenvalue weighted by molar-refractivity contribution is 5.21. The SMILES string of the molecule is C1=CC(N2CCN(C3C4CC5CC(C4)CC3C5)CC2)=CCC1. The largest absolute Gasteiger partial charge is 0.369 e. The maximum atomic E-state index is 2.90. The van der Waals surface area contributed by atoms with E-state index in [-0.39, 0.29) is 0 Å². The van der Waals surface area contributed by atoms with Gasteiger partial charge in [-0.15, -0.1) is 0 Å². The maximum absolute atomic E-state index is 2.90. The zero-order valence-electron chi connectivity index (χ0n) is 13.8. The zero-order chi connectivity index (χ0) is 14.5. The molecular formula is C20H30N2. The van der Waals surface area contributed by atoms with Gasteiger partial charge in [-0.05, 0) is 74.7 Å². The minimum Gasteiger partial charge on any atom is -0.369 e. The molecule has 4 bridgehead atoms. The minimum absolute atomic E-state index is 0.950. The molecule has 2 heteroatoms. The Kier molecular flexibility index (Phi) is 3.35. The molecule has 6 aliphatic rings. The Morgan fingerprint density at radius 1 is 0.773 bits per heavy atom. The number of hydrogen-bond acceptors (Lipinski definition) is 2. The van der Waals surface area contributed by atoms with Crippen molar-refractivity contribution < 1.29 is 0 Å². The molecule has 0 atom stereocenters. The summed E-state index contributed by atoms with van der Waals surface area (Å²) in [4.78, 5) is 5.53. The summed E-state index contributed by atoms with van der Waals surface area (Å²) in [6.07, 6.45) is 17.4. The van der Waals surface area contributed by atoms with E-state index >= 15 is 0 Å². The lowest BCUT2D eigenvalue weighted by atomic mass is 9.54. The van der Waals surface area contributed by atoms with Gasteiger partial charge >= 0.3 is 0 Å². The van der Waals surface area contributed by atoms with Gasteiger partial charge in [0, 0.05) is 37.9 Å². The molecule has 5 fully saturated rings. The summed E-state index contributed by atoms with van der Waals surface area (Å²) in [6, 6.07) is 0.950. The van der Waals surface area contributed by atoms with Crippen LogP contribution in [0, 0.1) is 23.7 Å². The molecule has 5 aliphatic carbocycles. The van der Waals surface area contributed by atoms with Crippen molar-refractivity contribution in [2.24, 2.45) is 23.7 Å². The van der Waals surface area contributed by atoms with E-state index in [4.69, 9.17) is 0 Å². The first-order valence-corrected chi connectivity index (χ1v) is 9.72. The third-order valence-corrected chi connectivity index (χ3v) is 7.25. The number of nitrogens with zero attached hydrogens (tertiary/aromatic N) is 2. The average molecular weight is 298 g/mol. The van der Waals surface area contributed by atoms with Gasteiger partial charge in [-0.25, -0.2) is 0 Å². The van der Waals surface area contributed by atoms with Crippen molar-refractivity contribution in [2.75, 3.05) is 26.2 Å². The summed E-state index contributed by atoms with van der Waals surface area (Å²) in [7, 11) is 0. The van der Waals surface area contributed by atoms with Crippen molar-refractivity contribution in [3.63, 3.8) is 0 Å². The molecule has 120 valence electrons. The first-order chi connectivity index (χ1) is 10.9. The molecule has 0 aromatic carbocycles. The Balaban J connectivity index is 1.25. The number of hydrogen-bond donors (Lipinski definition) is 0. The molecule has 0 N–H and O–H groups in total. The van der Waals surface area contributed by atoms with Crippen molar-refractivity contribution >= 4 is 0 Å². The van der Waals surface area contributed by atoms with E-state index in [1.165, 1.54) is 44.7 Å². The molecule has 0 unspecified atom stereocenters. The van der Waals surface area contributed by atoms with Gasteiger partial charge < -0.3 is 4.90 Å². The summed E-state index contributed by atoms with van der Waals surface area (Å²) >= 11 is 0. The minimum atomic E-state index is 0.950. The Morgan fingerprint density at radius 3 is 2.05 bits per heavy atom. The maximum Gasteiger partial charge on any atom is 0.0323 e. The highest BCUT2D eigenvalue weighted by atomic mass is 15.3. The second kappa shape index (κ2) is 5.40. The second-order valence-electron chi connectivity index (χ2n) is 8.55. The lowest BCUT2D eigenvalue weighted by molar-refractivity contribution is -0.0742. The van der Waals surface area contributed by atoms with E-state index in [2.05, 4.69) is 28.0 Å². The molecule has 0 aromatic heterocycles. The fraction of sp³-hybridized carbons (Fsp3) is 0.800. The molecule has 4 saturated carbocycles. The number of rotatable bonds is 2. The Bertz CT molecular complexity index is 456. The molecular weight excluding hydrogens is 268 g/mol. The molecule has 0 aromatic rings. The monoisotopic (exact) mass is 298 g/mol. The fourth-order valence-electron chi connectivity index (χ4n) is 6.61. The zero-order valence-corrected chi connectivity index (χ0v) is 13.8. The number of allylic oxidation sites excluding steroid dienone is 3. The first-order valence-electron chi connectivity index (χ1n) is 9.72. The van der Waals surface area contributed by atoms with Gasteiger partial charge in [0.15, 0.2) is 0 Å². The Morgan fingerprint density at radius 2 is 1.45 bits per heavy atom. The molecule has 1 aliphatic heterocycles. The molecule has 1 heterocycles. The third-order valence-electron chi connectivity index (χ3n) is 7.25. The average Bonchev–Trinajstić information content (AvgIpc) is 2.55. The van der Waals surface area contributed by atoms with Crippen LogP contribution in [0.25, 0.3) is 0 Å². The first kappa shape index (κ1) is 13.7. The summed E-state index contributed by atoms with van der Waals surface area (Å²) in [5.41, 5.74) is 1.50. The van der Waals surface area contributed by atoms with Crippen LogP contribution in [-0.4, -0.2) is 42.0 Å². The van der Waals surface area contributed by atoms with Crippen LogP contribution in [0.5, 0.6) is 0 Å². The Hall–Kier alpha value is -0.760. The van der Waals surface area contributed by atoms with E-state index < -0.39 is 0 Å². The van der Waals surface area contributed by atoms with E-state index in [1.807, 2.05) is 0 Å². The van der Waals surface area contributed by atoms with Crippen molar-refractivity contribution in [2.45, 2.75) is 51.0 Å². The van der Waals surface area contributed by atoms with Crippen molar-refractivity contribution in [3.8, 4) is 0 Å². The van der Waals surface area contributed by atoms with Gasteiger partial charge in [0.1, 0.15) is 0 Å². The van der Waals surface area contributed by atoms with Crippen molar-refractivity contribution in [1.82, 2.24) is 9.80 Å². The summed E-state index contributed by atoms with van der Waals surface area (Å²) < 4.78 is 0. The van der Waals surface area contributed by atoms with Gasteiger partial charge in [0.2, 0.25) is 0 Å². The fourth-order valence-corrected chi connectivity index (χ4v) is 6.61. The molecule has 6 rings (SSSR count). The Labute approximate surface area is 135 Å². The normalized spacial score (nSPS) is 44.5. The molecule has 0 spiro atoms. The quantitative estimate of drug-likeness (QED) is 0.767. The van der Waals surface area contributed by atoms with Crippen LogP contribution < -0.4 is 0 Å². The van der Waals surface area contributed by atoms with Crippen LogP contribution in [0.3, 0.4) is 0 Å². The summed E-state index contributed by atoms with van der Waals surface area (Å²) in [5.74, 6) is 4.32. The van der Waals surface area contributed by atoms with Crippen LogP contribution in [0.4, 0.5) is 0 Å². The van der Waals surface area contributed by atoms with Gasteiger partial charge in [-0.3, -0.25) is 4.90 Å². The highest BCUT2D eigenvalue weighted by Crippen LogP contribution is 2.55. The predicted octanol–water partition coefficient (Wildman–Crippen LogP) is 3.66. The second-order valence-corrected chi connectivity index (χ2v) is 8.55. The molecule has 0 amide bonds. The van der Waals surface area contributed by atoms with E-state index in [1.54, 1.807) is 32.1 Å². The van der Waals surface area contributed by atoms with Crippen LogP contribution >= 0.6 is 0 Å². The van der Waals surface area contributed by atoms with Crippen LogP contribution in [0.1, 0.15) is 44.9 Å². The van der Waals surface area contributed by atoms with Crippen molar-refractivity contribution in [3.05, 3.63) is 23.9 Å². The van der Waals surface area contributed by atoms with Crippen LogP contribution in [-0.2, 0) is 0 Å². The topological polar surface area (TPSA) is 6.48 Å². The lowest BCUT2D eigenvalue weighted by Gasteiger charge is -2.58.